The first-order valence-electron chi connectivity index (χ1n) is 30.8. The molecule has 0 saturated carbocycles. The molecule has 98 heavy (non-hydrogen) atoms. The molecular formula is C59H101Cl4N15O16S4. The zero-order chi connectivity index (χ0) is 72.1. The largest absolute Gasteiger partial charge is 0.493 e. The summed E-state index contributed by atoms with van der Waals surface area (Å²) >= 11 is 5.82. The van der Waals surface area contributed by atoms with Crippen LogP contribution >= 0.6 is 47.1 Å². The molecule has 2 aromatic heterocycles. The molecule has 4 aromatic rings. The van der Waals surface area contributed by atoms with E-state index in [-0.39, 0.29) is 48.7 Å². The molecule has 2 amide bonds. The van der Waals surface area contributed by atoms with E-state index in [2.05, 4.69) is 55.4 Å². The number of carbonyl (C=O) groups excluding carboxylic acids is 2. The Hall–Kier alpha value is -5.22. The predicted octanol–water partition coefficient (Wildman–Crippen LogP) is 5.94. The summed E-state index contributed by atoms with van der Waals surface area (Å²) in [5, 5.41) is 22.5. The number of likely N-dealkylation sites (tertiary alicyclic amines) is 2. The second kappa shape index (κ2) is 43.6. The number of nitrogens with two attached hydrogens (primary N) is 5. The SMILES string of the molecule is CC(C)(C)OC(=O)N1CCC(CN)CC1.CC(C)(C)OC(=O)N1CCC(CNS(N)(=O)=O)CC1.COc1ccc(-c2cc(Cl)ncn2)cc1OC.COc1ccc(-c2cc(N3CCC(CCS(N)(=O)=O)CC3)ncn2)cc1OC.Cl.Cl.NS(=O)(=O)Cl.NS(=O)(=O)NCC1CCNCC1. The summed E-state index contributed by atoms with van der Waals surface area (Å²) in [5.41, 5.74) is 8.06. The van der Waals surface area contributed by atoms with Gasteiger partial charge in [0.1, 0.15) is 34.8 Å². The minimum atomic E-state index is -3.69. The van der Waals surface area contributed by atoms with Gasteiger partial charge in [-0.1, -0.05) is 11.6 Å². The third-order valence-electron chi connectivity index (χ3n) is 14.9. The van der Waals surface area contributed by atoms with E-state index in [4.69, 9.17) is 61.2 Å². The Morgan fingerprint density at radius 3 is 1.30 bits per heavy atom. The van der Waals surface area contributed by atoms with Crippen molar-refractivity contribution in [2.75, 3.05) is 111 Å². The van der Waals surface area contributed by atoms with Crippen LogP contribution in [0.5, 0.6) is 23.0 Å². The van der Waals surface area contributed by atoms with Crippen LogP contribution in [0.4, 0.5) is 15.4 Å². The lowest BCUT2D eigenvalue weighted by atomic mass is 9.94. The number of hydrogen-bond donors (Lipinski definition) is 8. The van der Waals surface area contributed by atoms with Crippen LogP contribution in [0.1, 0.15) is 99.3 Å². The average Bonchev–Trinajstić information content (AvgIpc) is 0.829. The van der Waals surface area contributed by atoms with Gasteiger partial charge in [0.05, 0.1) is 45.6 Å². The van der Waals surface area contributed by atoms with Crippen molar-refractivity contribution in [3.63, 3.8) is 0 Å². The van der Waals surface area contributed by atoms with Gasteiger partial charge < -0.3 is 54.2 Å². The Morgan fingerprint density at radius 2 is 0.929 bits per heavy atom. The van der Waals surface area contributed by atoms with Gasteiger partial charge in [-0.25, -0.2) is 67.9 Å². The highest BCUT2D eigenvalue weighted by Gasteiger charge is 2.29. The summed E-state index contributed by atoms with van der Waals surface area (Å²) in [4.78, 5) is 45.9. The summed E-state index contributed by atoms with van der Waals surface area (Å²) in [6.45, 7) is 19.0. The number of sulfonamides is 1. The topological polar surface area (TPSA) is 454 Å². The number of amides is 2. The lowest BCUT2D eigenvalue weighted by molar-refractivity contribution is 0.0176. The maximum Gasteiger partial charge on any atom is 0.410 e. The highest BCUT2D eigenvalue weighted by molar-refractivity contribution is 8.11. The number of hydrogen-bond acceptors (Lipinski definition) is 23. The van der Waals surface area contributed by atoms with E-state index in [0.29, 0.717) is 78.5 Å². The second-order valence-corrected chi connectivity index (χ2v) is 31.8. The fourth-order valence-corrected chi connectivity index (χ4v) is 11.6. The third-order valence-corrected chi connectivity index (χ3v) is 17.0. The van der Waals surface area contributed by atoms with Crippen LogP contribution in [0.25, 0.3) is 22.5 Å². The summed E-state index contributed by atoms with van der Waals surface area (Å²) in [5.74, 6) is 5.15. The smallest absolute Gasteiger partial charge is 0.410 e. The maximum absolute atomic E-state index is 11.8. The Kier molecular flexibility index (Phi) is 40.4. The van der Waals surface area contributed by atoms with Crippen LogP contribution in [0, 0.1) is 23.7 Å². The van der Waals surface area contributed by atoms with Gasteiger partial charge in [-0.2, -0.15) is 25.3 Å². The number of nitrogens with zero attached hydrogens (tertiary/aromatic N) is 7. The van der Waals surface area contributed by atoms with Crippen LogP contribution < -0.4 is 64.9 Å². The molecule has 0 spiro atoms. The number of methoxy groups -OCH3 is 4. The first-order valence-corrected chi connectivity index (χ1v) is 38.4. The molecule has 2 aromatic carbocycles. The lowest BCUT2D eigenvalue weighted by Gasteiger charge is -2.33. The van der Waals surface area contributed by atoms with Gasteiger partial charge in [0.25, 0.3) is 29.7 Å². The third kappa shape index (κ3) is 39.1. The molecule has 0 bridgehead atoms. The Bertz CT molecular complexity index is 3500. The first kappa shape index (κ1) is 90.8. The standard InChI is InChI=1S/C19H26N4O4S.C12H11ClN2O2.C11H23N3O4S.C11H22N2O2.C6H15N3O2S.ClH2NO2S.2ClH/c1-26-17-4-3-15(11-18(17)27-2)16-12-19(22-13-21-16)23-8-5-14(6-9-23)7-10-28(20,24)25;1-16-10-4-3-8(5-11(10)17-2)9-6-12(13)15-7-14-9;1-11(2,3)18-10(15)14-6-4-9(5-7-14)8-13-19(12,16)17;1-11(2,3)15-10(14)13-6-4-9(8-12)5-7-13;7-12(10,11)9-5-6-1-3-8-4-2-6;1-5(2,3)4;;/h3-4,11-14H,5-10H2,1-2H3,(H2,20,24,25);3-7H,1-2H3;9,13H,4-8H2,1-3H3,(H2,12,16,17);9H,4-8,12H2,1-3H3;6,8-9H,1-5H2,(H2,7,10,11);(H2,2,3,4);2*1H. The van der Waals surface area contributed by atoms with E-state index in [1.54, 1.807) is 50.6 Å². The number of carbonyl (C=O) groups is 2. The van der Waals surface area contributed by atoms with E-state index in [0.717, 1.165) is 126 Å². The van der Waals surface area contributed by atoms with Gasteiger partial charge in [0.2, 0.25) is 10.0 Å². The number of piperidine rings is 4. The molecule has 4 fully saturated rings. The maximum atomic E-state index is 11.8. The van der Waals surface area contributed by atoms with Gasteiger partial charge in [-0.3, -0.25) is 0 Å². The van der Waals surface area contributed by atoms with Crippen molar-refractivity contribution in [2.45, 2.75) is 111 Å². The molecule has 4 aliphatic rings. The zero-order valence-electron chi connectivity index (χ0n) is 57.2. The van der Waals surface area contributed by atoms with E-state index in [1.807, 2.05) is 84.0 Å². The Balaban J connectivity index is 0.000000615. The quantitative estimate of drug-likeness (QED) is 0.0448. The molecule has 39 heteroatoms. The number of ether oxygens (including phenoxy) is 6. The number of benzene rings is 2. The van der Waals surface area contributed by atoms with E-state index < -0.39 is 50.9 Å². The van der Waals surface area contributed by atoms with Gasteiger partial charge in [-0.15, -0.1) is 24.8 Å². The Labute approximate surface area is 600 Å². The minimum Gasteiger partial charge on any atom is -0.493 e. The number of primary sulfonamides is 1. The van der Waals surface area contributed by atoms with Crippen molar-refractivity contribution >= 4 is 105 Å². The summed E-state index contributed by atoms with van der Waals surface area (Å²) < 4.78 is 120. The van der Waals surface area contributed by atoms with Crippen molar-refractivity contribution < 1.29 is 71.7 Å². The summed E-state index contributed by atoms with van der Waals surface area (Å²) in [6.07, 6.45) is 10.4. The Morgan fingerprint density at radius 1 is 0.551 bits per heavy atom. The molecular weight excluding hydrogens is 1440 g/mol. The second-order valence-electron chi connectivity index (χ2n) is 24.7. The van der Waals surface area contributed by atoms with Crippen molar-refractivity contribution in [1.82, 2.24) is 44.5 Å². The van der Waals surface area contributed by atoms with Gasteiger partial charge in [0, 0.05) is 86.3 Å². The van der Waals surface area contributed by atoms with Gasteiger partial charge in [-0.05, 0) is 179 Å². The summed E-state index contributed by atoms with van der Waals surface area (Å²) in [7, 11) is -3.53. The molecule has 4 aliphatic heterocycles. The number of nitrogens with one attached hydrogen (secondary N) is 3. The van der Waals surface area contributed by atoms with Gasteiger partial charge in [0.15, 0.2) is 23.0 Å². The van der Waals surface area contributed by atoms with Gasteiger partial charge >= 0.3 is 12.2 Å². The first-order chi connectivity index (χ1) is 44.7. The van der Waals surface area contributed by atoms with Crippen molar-refractivity contribution in [3.8, 4) is 45.5 Å². The molecule has 13 N–H and O–H groups in total. The normalized spacial score (nSPS) is 15.8. The van der Waals surface area contributed by atoms with E-state index in [1.165, 1.54) is 6.33 Å². The zero-order valence-corrected chi connectivity index (χ0v) is 63.6. The van der Waals surface area contributed by atoms with Crippen molar-refractivity contribution in [1.29, 1.82) is 0 Å². The molecule has 8 rings (SSSR count). The number of aromatic nitrogens is 4. The van der Waals surface area contributed by atoms with Crippen molar-refractivity contribution in [3.05, 3.63) is 66.3 Å². The number of anilines is 1. The molecule has 4 saturated heterocycles. The van der Waals surface area contributed by atoms with Crippen molar-refractivity contribution in [2.24, 2.45) is 50.0 Å². The van der Waals surface area contributed by atoms with E-state index >= 15 is 0 Å². The molecule has 31 nitrogen and oxygen atoms in total. The minimum absolute atomic E-state index is 0. The average molecular weight is 1550 g/mol. The lowest BCUT2D eigenvalue weighted by Crippen LogP contribution is -2.44. The molecule has 560 valence electrons. The molecule has 6 heterocycles. The number of halogens is 4. The molecule has 0 unspecified atom stereocenters. The fourth-order valence-electron chi connectivity index (χ4n) is 9.82. The molecule has 0 atom stereocenters. The van der Waals surface area contributed by atoms with Crippen LogP contribution in [-0.4, -0.2) is 193 Å². The summed E-state index contributed by atoms with van der Waals surface area (Å²) in [6, 6.07) is 14.9. The van der Waals surface area contributed by atoms with Crippen LogP contribution in [0.15, 0.2) is 61.2 Å². The van der Waals surface area contributed by atoms with Crippen LogP contribution in [-0.2, 0) is 49.2 Å². The highest BCUT2D eigenvalue weighted by atomic mass is 35.7. The molecule has 0 radical (unpaired) electrons. The fraction of sp³-hybridized carbons (Fsp3) is 0.627. The monoisotopic (exact) mass is 1540 g/mol. The van der Waals surface area contributed by atoms with E-state index in [9.17, 15) is 43.3 Å². The predicted molar refractivity (Wildman–Crippen MR) is 385 cm³/mol. The molecule has 0 aliphatic carbocycles. The van der Waals surface area contributed by atoms with Crippen LogP contribution in [0.3, 0.4) is 0 Å². The highest BCUT2D eigenvalue weighted by Crippen LogP contribution is 2.34. The number of rotatable bonds is 17. The van der Waals surface area contributed by atoms with Crippen LogP contribution in [0.2, 0.25) is 5.15 Å².